The third kappa shape index (κ3) is 3.42. The van der Waals surface area contributed by atoms with Crippen molar-refractivity contribution < 1.29 is 8.78 Å². The van der Waals surface area contributed by atoms with Crippen LogP contribution < -0.4 is 5.32 Å². The fourth-order valence-electron chi connectivity index (χ4n) is 2.53. The molecule has 0 amide bonds. The average molecular weight is 275 g/mol. The van der Waals surface area contributed by atoms with Gasteiger partial charge in [-0.1, -0.05) is 30.3 Å². The molecule has 2 aromatic carbocycles. The number of benzene rings is 2. The van der Waals surface area contributed by atoms with Gasteiger partial charge in [-0.25, -0.2) is 8.78 Å². The van der Waals surface area contributed by atoms with Gasteiger partial charge in [0.15, 0.2) is 11.6 Å². The van der Waals surface area contributed by atoms with Crippen LogP contribution in [-0.2, 0) is 6.42 Å². The quantitative estimate of drug-likeness (QED) is 0.874. The SMILES string of the molecule is CNCC(Cc1ccc(F)c(F)c1)c1ccccc1C. The Hall–Kier alpha value is -1.74. The minimum absolute atomic E-state index is 0.242. The molecule has 0 saturated heterocycles. The molecule has 0 aliphatic carbocycles. The van der Waals surface area contributed by atoms with E-state index in [1.807, 2.05) is 19.2 Å². The molecule has 0 radical (unpaired) electrons. The Morgan fingerprint density at radius 2 is 1.80 bits per heavy atom. The lowest BCUT2D eigenvalue weighted by atomic mass is 9.89. The van der Waals surface area contributed by atoms with E-state index in [0.29, 0.717) is 6.42 Å². The predicted molar refractivity (Wildman–Crippen MR) is 77.9 cm³/mol. The van der Waals surface area contributed by atoms with E-state index < -0.39 is 11.6 Å². The van der Waals surface area contributed by atoms with Gasteiger partial charge in [0.05, 0.1) is 0 Å². The van der Waals surface area contributed by atoms with E-state index in [1.165, 1.54) is 23.3 Å². The Morgan fingerprint density at radius 3 is 2.45 bits per heavy atom. The van der Waals surface area contributed by atoms with Gasteiger partial charge in [-0.3, -0.25) is 0 Å². The van der Waals surface area contributed by atoms with Crippen molar-refractivity contribution in [2.45, 2.75) is 19.3 Å². The first-order valence-electron chi connectivity index (χ1n) is 6.76. The van der Waals surface area contributed by atoms with Gasteiger partial charge in [0, 0.05) is 12.5 Å². The number of aryl methyl sites for hydroxylation is 1. The third-order valence-corrected chi connectivity index (χ3v) is 3.54. The molecule has 1 nitrogen and oxygen atoms in total. The summed E-state index contributed by atoms with van der Waals surface area (Å²) < 4.78 is 26.3. The van der Waals surface area contributed by atoms with E-state index in [-0.39, 0.29) is 5.92 Å². The molecule has 1 atom stereocenters. The molecule has 1 N–H and O–H groups in total. The summed E-state index contributed by atoms with van der Waals surface area (Å²) in [6, 6.07) is 12.3. The van der Waals surface area contributed by atoms with Crippen molar-refractivity contribution in [1.29, 1.82) is 0 Å². The van der Waals surface area contributed by atoms with Crippen molar-refractivity contribution in [3.63, 3.8) is 0 Å². The molecular formula is C17H19F2N. The van der Waals surface area contributed by atoms with Crippen molar-refractivity contribution >= 4 is 0 Å². The standard InChI is InChI=1S/C17H19F2N/c1-12-5-3-4-6-15(12)14(11-20-2)9-13-7-8-16(18)17(19)10-13/h3-8,10,14,20H,9,11H2,1-2H3. The molecule has 3 heteroatoms. The second-order valence-corrected chi connectivity index (χ2v) is 5.06. The number of nitrogens with one attached hydrogen (secondary N) is 1. The summed E-state index contributed by atoms with van der Waals surface area (Å²) in [5.74, 6) is -1.34. The second-order valence-electron chi connectivity index (χ2n) is 5.06. The summed E-state index contributed by atoms with van der Waals surface area (Å²) in [5, 5.41) is 3.17. The molecular weight excluding hydrogens is 256 g/mol. The maximum Gasteiger partial charge on any atom is 0.159 e. The van der Waals surface area contributed by atoms with Crippen LogP contribution in [0.1, 0.15) is 22.6 Å². The Bertz CT molecular complexity index is 581. The predicted octanol–water partition coefficient (Wildman–Crippen LogP) is 3.82. The Kier molecular flexibility index (Phi) is 4.85. The smallest absolute Gasteiger partial charge is 0.159 e. The summed E-state index contributed by atoms with van der Waals surface area (Å²) in [6.07, 6.45) is 0.683. The number of halogens is 2. The van der Waals surface area contributed by atoms with E-state index in [9.17, 15) is 8.78 Å². The van der Waals surface area contributed by atoms with E-state index >= 15 is 0 Å². The summed E-state index contributed by atoms with van der Waals surface area (Å²) in [7, 11) is 1.90. The molecule has 2 aromatic rings. The summed E-state index contributed by atoms with van der Waals surface area (Å²) >= 11 is 0. The molecule has 20 heavy (non-hydrogen) atoms. The van der Waals surface area contributed by atoms with Crippen molar-refractivity contribution in [3.8, 4) is 0 Å². The van der Waals surface area contributed by atoms with Gasteiger partial charge in [-0.15, -0.1) is 0 Å². The van der Waals surface area contributed by atoms with E-state index in [1.54, 1.807) is 6.07 Å². The molecule has 0 aromatic heterocycles. The van der Waals surface area contributed by atoms with Gasteiger partial charge in [-0.2, -0.15) is 0 Å². The van der Waals surface area contributed by atoms with Crippen molar-refractivity contribution in [2.24, 2.45) is 0 Å². The Balaban J connectivity index is 2.25. The van der Waals surface area contributed by atoms with Crippen molar-refractivity contribution in [3.05, 3.63) is 70.8 Å². The largest absolute Gasteiger partial charge is 0.319 e. The van der Waals surface area contributed by atoms with Gasteiger partial charge in [-0.05, 0) is 49.2 Å². The Labute approximate surface area is 118 Å². The van der Waals surface area contributed by atoms with Crippen LogP contribution >= 0.6 is 0 Å². The highest BCUT2D eigenvalue weighted by molar-refractivity contribution is 5.31. The first kappa shape index (κ1) is 14.7. The minimum Gasteiger partial charge on any atom is -0.319 e. The average Bonchev–Trinajstić information content (AvgIpc) is 2.43. The van der Waals surface area contributed by atoms with Crippen LogP contribution in [0.15, 0.2) is 42.5 Å². The highest BCUT2D eigenvalue weighted by Gasteiger charge is 2.14. The van der Waals surface area contributed by atoms with Crippen LogP contribution in [0.3, 0.4) is 0 Å². The van der Waals surface area contributed by atoms with E-state index in [4.69, 9.17) is 0 Å². The first-order chi connectivity index (χ1) is 9.61. The monoisotopic (exact) mass is 275 g/mol. The molecule has 0 aliphatic heterocycles. The molecule has 0 saturated carbocycles. The van der Waals surface area contributed by atoms with Crippen LogP contribution in [0.5, 0.6) is 0 Å². The highest BCUT2D eigenvalue weighted by Crippen LogP contribution is 2.24. The summed E-state index contributed by atoms with van der Waals surface area (Å²) in [5.41, 5.74) is 3.27. The highest BCUT2D eigenvalue weighted by atomic mass is 19.2. The summed E-state index contributed by atoms with van der Waals surface area (Å²) in [6.45, 7) is 2.87. The lowest BCUT2D eigenvalue weighted by Crippen LogP contribution is -2.20. The zero-order valence-corrected chi connectivity index (χ0v) is 11.8. The molecule has 0 fully saturated rings. The van der Waals surface area contributed by atoms with Crippen LogP contribution in [0.25, 0.3) is 0 Å². The van der Waals surface area contributed by atoms with E-state index in [0.717, 1.165) is 12.1 Å². The zero-order valence-electron chi connectivity index (χ0n) is 11.8. The lowest BCUT2D eigenvalue weighted by Gasteiger charge is -2.19. The maximum absolute atomic E-state index is 13.3. The molecule has 0 bridgehead atoms. The number of likely N-dealkylation sites (N-methyl/N-ethyl adjacent to an activating group) is 1. The fraction of sp³-hybridized carbons (Fsp3) is 0.294. The van der Waals surface area contributed by atoms with Crippen LogP contribution in [0.4, 0.5) is 8.78 Å². The minimum atomic E-state index is -0.796. The van der Waals surface area contributed by atoms with E-state index in [2.05, 4.69) is 24.4 Å². The number of hydrogen-bond donors (Lipinski definition) is 1. The molecule has 0 spiro atoms. The first-order valence-corrected chi connectivity index (χ1v) is 6.76. The van der Waals surface area contributed by atoms with Gasteiger partial charge in [0.25, 0.3) is 0 Å². The van der Waals surface area contributed by atoms with Crippen LogP contribution in [0, 0.1) is 18.6 Å². The van der Waals surface area contributed by atoms with Crippen molar-refractivity contribution in [1.82, 2.24) is 5.32 Å². The molecule has 0 heterocycles. The van der Waals surface area contributed by atoms with Crippen LogP contribution in [-0.4, -0.2) is 13.6 Å². The zero-order chi connectivity index (χ0) is 14.5. The summed E-state index contributed by atoms with van der Waals surface area (Å²) in [4.78, 5) is 0. The number of hydrogen-bond acceptors (Lipinski definition) is 1. The van der Waals surface area contributed by atoms with Crippen LogP contribution in [0.2, 0.25) is 0 Å². The molecule has 0 aliphatic rings. The van der Waals surface area contributed by atoms with Crippen molar-refractivity contribution in [2.75, 3.05) is 13.6 Å². The lowest BCUT2D eigenvalue weighted by molar-refractivity contribution is 0.505. The fourth-order valence-corrected chi connectivity index (χ4v) is 2.53. The van der Waals surface area contributed by atoms with Gasteiger partial charge in [0.2, 0.25) is 0 Å². The maximum atomic E-state index is 13.3. The third-order valence-electron chi connectivity index (χ3n) is 3.54. The molecule has 2 rings (SSSR count). The van der Waals surface area contributed by atoms with Gasteiger partial charge < -0.3 is 5.32 Å². The van der Waals surface area contributed by atoms with Gasteiger partial charge >= 0.3 is 0 Å². The number of rotatable bonds is 5. The molecule has 1 unspecified atom stereocenters. The molecule has 106 valence electrons. The Morgan fingerprint density at radius 1 is 1.05 bits per heavy atom. The normalized spacial score (nSPS) is 12.4. The topological polar surface area (TPSA) is 12.0 Å². The second kappa shape index (κ2) is 6.62. The van der Waals surface area contributed by atoms with Gasteiger partial charge in [0.1, 0.15) is 0 Å².